The molecule has 0 saturated heterocycles. The van der Waals surface area contributed by atoms with E-state index in [0.29, 0.717) is 0 Å². The Labute approximate surface area is 277 Å². The summed E-state index contributed by atoms with van der Waals surface area (Å²) in [7, 11) is 0. The molecular formula is C45H39NO. The van der Waals surface area contributed by atoms with Crippen LogP contribution in [0.3, 0.4) is 0 Å². The second kappa shape index (κ2) is 9.48. The lowest BCUT2D eigenvalue weighted by Gasteiger charge is -2.48. The second-order valence-electron chi connectivity index (χ2n) is 15.0. The van der Waals surface area contributed by atoms with E-state index in [1.54, 1.807) is 0 Å². The Kier molecular flexibility index (Phi) is 5.68. The molecule has 0 bridgehead atoms. The fourth-order valence-corrected chi connectivity index (χ4v) is 8.57. The van der Waals surface area contributed by atoms with Gasteiger partial charge in [0.15, 0.2) is 0 Å². The van der Waals surface area contributed by atoms with Crippen LogP contribution in [0.15, 0.2) is 132 Å². The number of nitrogens with zero attached hydrogens (tertiary/aromatic N) is 1. The van der Waals surface area contributed by atoms with Crippen molar-refractivity contribution in [3.05, 3.63) is 150 Å². The molecule has 0 atom stereocenters. The van der Waals surface area contributed by atoms with Crippen LogP contribution in [-0.4, -0.2) is 0 Å². The van der Waals surface area contributed by atoms with Crippen LogP contribution < -0.4 is 4.90 Å². The molecule has 0 saturated carbocycles. The Morgan fingerprint density at radius 3 is 1.83 bits per heavy atom. The summed E-state index contributed by atoms with van der Waals surface area (Å²) in [5.74, 6) is 0. The van der Waals surface area contributed by atoms with Gasteiger partial charge in [-0.15, -0.1) is 0 Å². The van der Waals surface area contributed by atoms with E-state index in [9.17, 15) is 0 Å². The maximum absolute atomic E-state index is 6.60. The summed E-state index contributed by atoms with van der Waals surface area (Å²) >= 11 is 0. The summed E-state index contributed by atoms with van der Waals surface area (Å²) in [5, 5.41) is 2.35. The monoisotopic (exact) mass is 609 g/mol. The van der Waals surface area contributed by atoms with E-state index in [0.717, 1.165) is 33.6 Å². The van der Waals surface area contributed by atoms with Crippen LogP contribution in [0.1, 0.15) is 63.8 Å². The van der Waals surface area contributed by atoms with Crippen molar-refractivity contribution in [2.75, 3.05) is 4.90 Å². The van der Waals surface area contributed by atoms with Gasteiger partial charge in [0.05, 0.1) is 0 Å². The van der Waals surface area contributed by atoms with Gasteiger partial charge in [-0.2, -0.15) is 0 Å². The third kappa shape index (κ3) is 3.73. The lowest BCUT2D eigenvalue weighted by atomic mass is 9.55. The maximum Gasteiger partial charge on any atom is 0.136 e. The van der Waals surface area contributed by atoms with Crippen molar-refractivity contribution in [1.82, 2.24) is 0 Å². The minimum Gasteiger partial charge on any atom is -0.456 e. The predicted octanol–water partition coefficient (Wildman–Crippen LogP) is 12.6. The molecule has 0 aliphatic heterocycles. The van der Waals surface area contributed by atoms with Crippen molar-refractivity contribution in [3.63, 3.8) is 0 Å². The van der Waals surface area contributed by atoms with E-state index in [1.165, 1.54) is 49.9 Å². The molecule has 0 N–H and O–H groups in total. The van der Waals surface area contributed by atoms with E-state index in [-0.39, 0.29) is 16.2 Å². The average molecular weight is 610 g/mol. The molecule has 2 aliphatic rings. The van der Waals surface area contributed by atoms with Crippen LogP contribution in [0.5, 0.6) is 0 Å². The van der Waals surface area contributed by atoms with Crippen molar-refractivity contribution >= 4 is 39.0 Å². The zero-order chi connectivity index (χ0) is 32.3. The maximum atomic E-state index is 6.60. The minimum absolute atomic E-state index is 0.0277. The molecule has 0 fully saturated rings. The molecule has 1 aromatic heterocycles. The highest BCUT2D eigenvalue weighted by Crippen LogP contribution is 2.57. The molecular weight excluding hydrogens is 571 g/mol. The van der Waals surface area contributed by atoms with Gasteiger partial charge in [0.1, 0.15) is 11.2 Å². The van der Waals surface area contributed by atoms with Gasteiger partial charge < -0.3 is 9.32 Å². The number of benzene rings is 6. The van der Waals surface area contributed by atoms with E-state index < -0.39 is 0 Å². The lowest BCUT2D eigenvalue weighted by molar-refractivity contribution is 0.299. The molecule has 0 spiro atoms. The van der Waals surface area contributed by atoms with Crippen LogP contribution in [0, 0.1) is 0 Å². The summed E-state index contributed by atoms with van der Waals surface area (Å²) in [6.07, 6.45) is 0. The Balaban J connectivity index is 1.29. The Bertz CT molecular complexity index is 2390. The summed E-state index contributed by atoms with van der Waals surface area (Å²) in [4.78, 5) is 2.40. The van der Waals surface area contributed by atoms with Gasteiger partial charge in [-0.05, 0) is 104 Å². The summed E-state index contributed by atoms with van der Waals surface area (Å²) in [6.45, 7) is 14.3. The third-order valence-corrected chi connectivity index (χ3v) is 11.8. The first-order valence-corrected chi connectivity index (χ1v) is 16.8. The van der Waals surface area contributed by atoms with Gasteiger partial charge in [-0.25, -0.2) is 0 Å². The van der Waals surface area contributed by atoms with Gasteiger partial charge in [-0.1, -0.05) is 120 Å². The normalized spacial score (nSPS) is 16.4. The fourth-order valence-electron chi connectivity index (χ4n) is 8.57. The smallest absolute Gasteiger partial charge is 0.136 e. The molecule has 1 heterocycles. The van der Waals surface area contributed by atoms with Gasteiger partial charge in [0, 0.05) is 33.2 Å². The van der Waals surface area contributed by atoms with E-state index >= 15 is 0 Å². The van der Waals surface area contributed by atoms with Crippen LogP contribution in [0.25, 0.3) is 44.2 Å². The van der Waals surface area contributed by atoms with Gasteiger partial charge >= 0.3 is 0 Å². The fraction of sp³-hybridized carbons (Fsp3) is 0.200. The van der Waals surface area contributed by atoms with Gasteiger partial charge in [-0.3, -0.25) is 0 Å². The molecule has 2 aliphatic carbocycles. The Morgan fingerprint density at radius 2 is 1.04 bits per heavy atom. The largest absolute Gasteiger partial charge is 0.456 e. The summed E-state index contributed by atoms with van der Waals surface area (Å²) in [5.41, 5.74) is 15.9. The van der Waals surface area contributed by atoms with Gasteiger partial charge in [0.2, 0.25) is 0 Å². The quantitative estimate of drug-likeness (QED) is 0.198. The zero-order valence-corrected chi connectivity index (χ0v) is 28.0. The van der Waals surface area contributed by atoms with E-state index in [4.69, 9.17) is 4.42 Å². The van der Waals surface area contributed by atoms with Crippen LogP contribution >= 0.6 is 0 Å². The zero-order valence-electron chi connectivity index (χ0n) is 28.0. The van der Waals surface area contributed by atoms with E-state index in [2.05, 4.69) is 174 Å². The highest BCUT2D eigenvalue weighted by molar-refractivity contribution is 6.15. The molecule has 0 radical (unpaired) electrons. The van der Waals surface area contributed by atoms with Crippen molar-refractivity contribution in [2.24, 2.45) is 0 Å². The molecule has 9 rings (SSSR count). The first-order valence-electron chi connectivity index (χ1n) is 16.8. The van der Waals surface area contributed by atoms with Crippen LogP contribution in [0.4, 0.5) is 17.1 Å². The first-order chi connectivity index (χ1) is 22.6. The molecule has 2 heteroatoms. The SMILES string of the molecule is CC1(C)c2ccccc2-c2ccc(N(c3ccccc3)c3ccc4oc5ccc6c(c5c4c3)-c3ccccc3C(C)(C)C6(C)C)cc21. The van der Waals surface area contributed by atoms with Gasteiger partial charge in [0.25, 0.3) is 0 Å². The Hall–Kier alpha value is -5.08. The third-order valence-electron chi connectivity index (χ3n) is 11.8. The second-order valence-corrected chi connectivity index (χ2v) is 15.0. The standard InChI is InChI=1S/C45H39NO/c1-43(2)35-18-12-10-16-31(35)32-22-20-30(27-38(32)43)46(28-14-8-7-9-15-28)29-21-24-39-34(26-29)42-40(47-39)25-23-37-41(42)33-17-11-13-19-36(33)44(3,4)45(37,5)6/h7-27H,1-6H3. The number of hydrogen-bond acceptors (Lipinski definition) is 2. The molecule has 0 unspecified atom stereocenters. The topological polar surface area (TPSA) is 16.4 Å². The van der Waals surface area contributed by atoms with E-state index in [1.807, 2.05) is 0 Å². The average Bonchev–Trinajstić information content (AvgIpc) is 3.56. The van der Waals surface area contributed by atoms with Crippen LogP contribution in [-0.2, 0) is 16.2 Å². The molecule has 7 aromatic rings. The highest BCUT2D eigenvalue weighted by atomic mass is 16.3. The van der Waals surface area contributed by atoms with Crippen molar-refractivity contribution in [2.45, 2.75) is 57.8 Å². The molecule has 2 nitrogen and oxygen atoms in total. The number of anilines is 3. The summed E-state index contributed by atoms with van der Waals surface area (Å²) in [6, 6.07) is 46.8. The van der Waals surface area contributed by atoms with Crippen molar-refractivity contribution in [3.8, 4) is 22.3 Å². The summed E-state index contributed by atoms with van der Waals surface area (Å²) < 4.78 is 6.60. The Morgan fingerprint density at radius 1 is 0.447 bits per heavy atom. The van der Waals surface area contributed by atoms with Crippen LogP contribution in [0.2, 0.25) is 0 Å². The molecule has 47 heavy (non-hydrogen) atoms. The molecule has 230 valence electrons. The predicted molar refractivity (Wildman–Crippen MR) is 197 cm³/mol. The number of furan rings is 1. The molecule has 6 aromatic carbocycles. The number of para-hydroxylation sites is 1. The molecule has 0 amide bonds. The number of rotatable bonds is 3. The lowest BCUT2D eigenvalue weighted by Crippen LogP contribution is -2.43. The number of hydrogen-bond donors (Lipinski definition) is 0. The minimum atomic E-state index is -0.0813. The highest BCUT2D eigenvalue weighted by Gasteiger charge is 2.46. The van der Waals surface area contributed by atoms with Crippen molar-refractivity contribution in [1.29, 1.82) is 0 Å². The first kappa shape index (κ1) is 28.2. The number of fused-ring (bicyclic) bond motifs is 10. The van der Waals surface area contributed by atoms with Crippen molar-refractivity contribution < 1.29 is 4.42 Å².